The van der Waals surface area contributed by atoms with E-state index in [-0.39, 0.29) is 0 Å². The molecule has 0 saturated carbocycles. The molecular formula is C30H43N5. The van der Waals surface area contributed by atoms with Crippen LogP contribution >= 0.6 is 0 Å². The molecule has 0 spiro atoms. The van der Waals surface area contributed by atoms with E-state index in [1.54, 1.807) is 0 Å². The Morgan fingerprint density at radius 3 is 2.11 bits per heavy atom. The number of hydrogen-bond donors (Lipinski definition) is 1. The van der Waals surface area contributed by atoms with Gasteiger partial charge < -0.3 is 14.7 Å². The van der Waals surface area contributed by atoms with E-state index < -0.39 is 0 Å². The summed E-state index contributed by atoms with van der Waals surface area (Å²) < 4.78 is 0. The maximum absolute atomic E-state index is 8.19. The maximum Gasteiger partial charge on any atom is 0.123 e. The summed E-state index contributed by atoms with van der Waals surface area (Å²) in [6.07, 6.45) is 6.31. The smallest absolute Gasteiger partial charge is 0.123 e. The van der Waals surface area contributed by atoms with Crippen LogP contribution in [0.5, 0.6) is 0 Å². The van der Waals surface area contributed by atoms with Gasteiger partial charge in [0.1, 0.15) is 5.84 Å². The SMILES string of the molecule is C=C/C(C)=C\C(=C/C)N1CCN(C(=C)c2cc(CN3CCN(C(=N)C(=C)C)CC3)ccc2C)CC1. The summed E-state index contributed by atoms with van der Waals surface area (Å²) in [5, 5.41) is 8.19. The van der Waals surface area contributed by atoms with Crippen molar-refractivity contribution in [3.05, 3.63) is 89.7 Å². The van der Waals surface area contributed by atoms with Gasteiger partial charge in [-0.1, -0.05) is 44.0 Å². The average Bonchev–Trinajstić information content (AvgIpc) is 2.87. The number of rotatable bonds is 8. The zero-order valence-electron chi connectivity index (χ0n) is 22.2. The third kappa shape index (κ3) is 6.76. The van der Waals surface area contributed by atoms with Gasteiger partial charge >= 0.3 is 0 Å². The van der Waals surface area contributed by atoms with Crippen molar-refractivity contribution in [3.8, 4) is 0 Å². The van der Waals surface area contributed by atoms with Crippen LogP contribution in [-0.4, -0.2) is 77.8 Å². The molecule has 2 saturated heterocycles. The number of hydrogen-bond acceptors (Lipinski definition) is 4. The molecular weight excluding hydrogens is 430 g/mol. The van der Waals surface area contributed by atoms with Crippen LogP contribution in [0.15, 0.2) is 73.0 Å². The maximum atomic E-state index is 8.19. The van der Waals surface area contributed by atoms with Gasteiger partial charge in [0.05, 0.1) is 0 Å². The fourth-order valence-corrected chi connectivity index (χ4v) is 4.79. The highest BCUT2D eigenvalue weighted by Gasteiger charge is 2.22. The molecule has 2 heterocycles. The Kier molecular flexibility index (Phi) is 9.16. The molecule has 5 heteroatoms. The van der Waals surface area contributed by atoms with Gasteiger partial charge in [0, 0.05) is 75.9 Å². The van der Waals surface area contributed by atoms with Gasteiger partial charge in [-0.3, -0.25) is 10.3 Å². The molecule has 2 aliphatic heterocycles. The number of aryl methyl sites for hydroxylation is 1. The van der Waals surface area contributed by atoms with Gasteiger partial charge in [0.25, 0.3) is 0 Å². The molecule has 1 aromatic carbocycles. The molecule has 35 heavy (non-hydrogen) atoms. The lowest BCUT2D eigenvalue weighted by Crippen LogP contribution is -2.48. The van der Waals surface area contributed by atoms with E-state index in [0.717, 1.165) is 70.2 Å². The van der Waals surface area contributed by atoms with Crippen LogP contribution in [0.1, 0.15) is 37.5 Å². The zero-order chi connectivity index (χ0) is 25.5. The van der Waals surface area contributed by atoms with E-state index in [0.29, 0.717) is 5.84 Å². The normalized spacial score (nSPS) is 18.0. The predicted octanol–water partition coefficient (Wildman–Crippen LogP) is 5.29. The van der Waals surface area contributed by atoms with Crippen molar-refractivity contribution in [2.75, 3.05) is 52.4 Å². The first kappa shape index (κ1) is 26.6. The second-order valence-electron chi connectivity index (χ2n) is 9.77. The number of piperazine rings is 2. The number of amidine groups is 1. The summed E-state index contributed by atoms with van der Waals surface area (Å²) in [5.74, 6) is 0.576. The molecule has 0 radical (unpaired) electrons. The van der Waals surface area contributed by atoms with Crippen LogP contribution < -0.4 is 0 Å². The van der Waals surface area contributed by atoms with Crippen LogP contribution in [0.3, 0.4) is 0 Å². The lowest BCUT2D eigenvalue weighted by Gasteiger charge is -2.39. The molecule has 0 bridgehead atoms. The predicted molar refractivity (Wildman–Crippen MR) is 150 cm³/mol. The van der Waals surface area contributed by atoms with Crippen LogP contribution in [-0.2, 0) is 6.54 Å². The monoisotopic (exact) mass is 473 g/mol. The van der Waals surface area contributed by atoms with Crippen molar-refractivity contribution in [2.45, 2.75) is 34.2 Å². The molecule has 0 aliphatic carbocycles. The van der Waals surface area contributed by atoms with Crippen LogP contribution in [0, 0.1) is 12.3 Å². The Labute approximate surface area is 212 Å². The van der Waals surface area contributed by atoms with Crippen molar-refractivity contribution < 1.29 is 0 Å². The number of nitrogens with zero attached hydrogens (tertiary/aromatic N) is 4. The second kappa shape index (κ2) is 12.1. The third-order valence-electron chi connectivity index (χ3n) is 7.13. The lowest BCUT2D eigenvalue weighted by molar-refractivity contribution is 0.175. The summed E-state index contributed by atoms with van der Waals surface area (Å²) in [5.41, 5.74) is 8.29. The number of nitrogens with one attached hydrogen (secondary N) is 1. The Morgan fingerprint density at radius 2 is 1.54 bits per heavy atom. The summed E-state index contributed by atoms with van der Waals surface area (Å²) in [4.78, 5) is 9.50. The number of benzene rings is 1. The molecule has 0 aromatic heterocycles. The highest BCUT2D eigenvalue weighted by atomic mass is 15.3. The molecule has 0 atom stereocenters. The van der Waals surface area contributed by atoms with E-state index in [1.807, 2.05) is 13.0 Å². The van der Waals surface area contributed by atoms with Crippen molar-refractivity contribution in [1.82, 2.24) is 19.6 Å². The molecule has 0 amide bonds. The Bertz CT molecular complexity index is 1020. The van der Waals surface area contributed by atoms with Gasteiger partial charge in [-0.15, -0.1) is 0 Å². The summed E-state index contributed by atoms with van der Waals surface area (Å²) in [6, 6.07) is 6.82. The molecule has 5 nitrogen and oxygen atoms in total. The van der Waals surface area contributed by atoms with Crippen LogP contribution in [0.25, 0.3) is 5.70 Å². The molecule has 2 aliphatic rings. The first-order chi connectivity index (χ1) is 16.7. The molecule has 188 valence electrons. The standard InChI is InChI=1S/C30H43N5/c1-8-24(5)20-28(9-2)34-18-16-33(17-19-34)26(7)29-21-27(11-10-25(29)6)22-32-12-14-35(15-13-32)30(31)23(3)4/h8-11,20-21,31H,1,3,7,12-19,22H2,2,4-6H3/b24-20-,28-9+,31-30?. The highest BCUT2D eigenvalue weighted by Crippen LogP contribution is 2.25. The average molecular weight is 474 g/mol. The van der Waals surface area contributed by atoms with Crippen molar-refractivity contribution in [3.63, 3.8) is 0 Å². The largest absolute Gasteiger partial charge is 0.368 e. The fourth-order valence-electron chi connectivity index (χ4n) is 4.79. The highest BCUT2D eigenvalue weighted by molar-refractivity contribution is 5.94. The van der Waals surface area contributed by atoms with E-state index in [2.05, 4.69) is 90.5 Å². The van der Waals surface area contributed by atoms with Crippen molar-refractivity contribution in [1.29, 1.82) is 5.41 Å². The van der Waals surface area contributed by atoms with E-state index >= 15 is 0 Å². The Hall–Kier alpha value is -3.05. The van der Waals surface area contributed by atoms with Crippen molar-refractivity contribution >= 4 is 11.5 Å². The molecule has 1 aromatic rings. The summed E-state index contributed by atoms with van der Waals surface area (Å²) >= 11 is 0. The summed E-state index contributed by atoms with van der Waals surface area (Å²) in [6.45, 7) is 29.2. The van der Waals surface area contributed by atoms with E-state index in [9.17, 15) is 0 Å². The Morgan fingerprint density at radius 1 is 0.943 bits per heavy atom. The van der Waals surface area contributed by atoms with Gasteiger partial charge in [0.15, 0.2) is 0 Å². The van der Waals surface area contributed by atoms with Crippen molar-refractivity contribution in [2.24, 2.45) is 0 Å². The summed E-state index contributed by atoms with van der Waals surface area (Å²) in [7, 11) is 0. The van der Waals surface area contributed by atoms with Gasteiger partial charge in [-0.2, -0.15) is 0 Å². The van der Waals surface area contributed by atoms with Crippen LogP contribution in [0.4, 0.5) is 0 Å². The fraction of sp³-hybridized carbons (Fsp3) is 0.433. The van der Waals surface area contributed by atoms with E-state index in [4.69, 9.17) is 5.41 Å². The first-order valence-corrected chi connectivity index (χ1v) is 12.7. The quantitative estimate of drug-likeness (QED) is 0.316. The zero-order valence-corrected chi connectivity index (χ0v) is 22.2. The minimum Gasteiger partial charge on any atom is -0.368 e. The Balaban J connectivity index is 1.60. The van der Waals surface area contributed by atoms with Gasteiger partial charge in [-0.25, -0.2) is 0 Å². The first-order valence-electron chi connectivity index (χ1n) is 12.7. The third-order valence-corrected chi connectivity index (χ3v) is 7.13. The minimum atomic E-state index is 0.576. The number of allylic oxidation sites excluding steroid dienone is 4. The molecule has 1 N–H and O–H groups in total. The second-order valence-corrected chi connectivity index (χ2v) is 9.77. The van der Waals surface area contributed by atoms with E-state index in [1.165, 1.54) is 28.0 Å². The van der Waals surface area contributed by atoms with Gasteiger partial charge in [0.2, 0.25) is 0 Å². The van der Waals surface area contributed by atoms with Crippen LogP contribution in [0.2, 0.25) is 0 Å². The lowest BCUT2D eigenvalue weighted by atomic mass is 10.0. The molecule has 3 rings (SSSR count). The molecule has 2 fully saturated rings. The topological polar surface area (TPSA) is 36.8 Å². The molecule has 0 unspecified atom stereocenters. The minimum absolute atomic E-state index is 0.576. The van der Waals surface area contributed by atoms with Gasteiger partial charge in [-0.05, 0) is 62.1 Å².